The summed E-state index contributed by atoms with van der Waals surface area (Å²) in [5, 5.41) is 1.53. The first-order valence-electron chi connectivity index (χ1n) is 10.2. The molecule has 1 aromatic carbocycles. The summed E-state index contributed by atoms with van der Waals surface area (Å²) in [4.78, 5) is 19.8. The number of alkyl halides is 1. The summed E-state index contributed by atoms with van der Waals surface area (Å²) < 4.78 is 36.4. The highest BCUT2D eigenvalue weighted by Crippen LogP contribution is 2.52. The van der Waals surface area contributed by atoms with E-state index in [0.29, 0.717) is 46.4 Å². The zero-order valence-corrected chi connectivity index (χ0v) is 19.2. The fraction of sp³-hybridized carbons (Fsp3) is 0.409. The minimum atomic E-state index is -1.22. The van der Waals surface area contributed by atoms with Crippen LogP contribution >= 0.6 is 9.24 Å². The summed E-state index contributed by atoms with van der Waals surface area (Å²) >= 11 is 0. The van der Waals surface area contributed by atoms with Gasteiger partial charge < -0.3 is 23.9 Å². The number of hydrogen-bond acceptors (Lipinski definition) is 7. The number of hydrogen-bond donors (Lipinski definition) is 1. The Hall–Kier alpha value is -2.93. The highest BCUT2D eigenvalue weighted by atomic mass is 31.0. The predicted octanol–water partition coefficient (Wildman–Crippen LogP) is 3.74. The lowest BCUT2D eigenvalue weighted by molar-refractivity contribution is -0.119. The molecule has 10 heteroatoms. The molecule has 4 rings (SSSR count). The van der Waals surface area contributed by atoms with Gasteiger partial charge in [-0.15, -0.1) is 0 Å². The second kappa shape index (κ2) is 8.90. The number of nitrogens with one attached hydrogen (secondary N) is 1. The van der Waals surface area contributed by atoms with Crippen molar-refractivity contribution in [1.82, 2.24) is 15.3 Å². The van der Waals surface area contributed by atoms with Crippen LogP contribution in [0.4, 0.5) is 4.39 Å². The van der Waals surface area contributed by atoms with E-state index in [1.54, 1.807) is 37.6 Å². The van der Waals surface area contributed by atoms with Crippen LogP contribution in [0.15, 0.2) is 34.9 Å². The molecule has 3 unspecified atom stereocenters. The maximum atomic E-state index is 13.7. The van der Waals surface area contributed by atoms with Crippen LogP contribution in [0.5, 0.6) is 17.4 Å². The van der Waals surface area contributed by atoms with E-state index in [1.807, 2.05) is 6.92 Å². The van der Waals surface area contributed by atoms with E-state index < -0.39 is 5.41 Å². The van der Waals surface area contributed by atoms with E-state index in [2.05, 4.69) is 24.5 Å². The van der Waals surface area contributed by atoms with Crippen LogP contribution in [0.25, 0.3) is 22.6 Å². The van der Waals surface area contributed by atoms with Crippen LogP contribution in [0.1, 0.15) is 20.3 Å². The third-order valence-corrected chi connectivity index (χ3v) is 5.82. The largest absolute Gasteiger partial charge is 0.493 e. The molecule has 1 aliphatic carbocycles. The highest BCUT2D eigenvalue weighted by molar-refractivity contribution is 7.19. The number of oxazole rings is 1. The zero-order valence-electron chi connectivity index (χ0n) is 18.1. The van der Waals surface area contributed by atoms with Gasteiger partial charge in [-0.05, 0) is 31.5 Å². The van der Waals surface area contributed by atoms with E-state index in [0.717, 1.165) is 0 Å². The Bertz CT molecular complexity index is 1140. The first kappa shape index (κ1) is 22.3. The third-order valence-electron chi connectivity index (χ3n) is 5.11. The number of carbonyl (C=O) groups is 1. The van der Waals surface area contributed by atoms with Gasteiger partial charge in [-0.2, -0.15) is 0 Å². The Labute approximate surface area is 187 Å². The van der Waals surface area contributed by atoms with Crippen molar-refractivity contribution in [3.05, 3.63) is 30.5 Å². The van der Waals surface area contributed by atoms with E-state index in [1.165, 1.54) is 6.92 Å². The van der Waals surface area contributed by atoms with Gasteiger partial charge in [-0.3, -0.25) is 4.79 Å². The summed E-state index contributed by atoms with van der Waals surface area (Å²) in [5.74, 6) is 1.56. The van der Waals surface area contributed by atoms with Crippen molar-refractivity contribution in [2.45, 2.75) is 31.7 Å². The number of carbonyl (C=O) groups excluding carboxylic acids is 1. The molecule has 1 aliphatic rings. The standard InChI is InChI=1S/C22H25FN3O5P/c1-12(25-13(2)27)10-30-20-7-18-16(9-24-20)26-21(31-18)14-4-5-17(19(6-14)28-3)29-11-15-8-22(15,23)32/h4-7,9,12,15H,8,10-11,32H2,1-3H3,(H,25,27)/t12-,15?,22?/m0/s1. The monoisotopic (exact) mass is 461 g/mol. The average Bonchev–Trinajstić information content (AvgIpc) is 3.16. The number of nitrogens with zero attached hydrogens (tertiary/aromatic N) is 2. The Morgan fingerprint density at radius 3 is 2.84 bits per heavy atom. The van der Waals surface area contributed by atoms with Gasteiger partial charge >= 0.3 is 0 Å². The molecule has 3 aromatic rings. The maximum Gasteiger partial charge on any atom is 0.227 e. The predicted molar refractivity (Wildman–Crippen MR) is 120 cm³/mol. The highest BCUT2D eigenvalue weighted by Gasteiger charge is 2.51. The lowest BCUT2D eigenvalue weighted by atomic mass is 10.2. The fourth-order valence-electron chi connectivity index (χ4n) is 3.24. The van der Waals surface area contributed by atoms with Crippen LogP contribution in [-0.4, -0.2) is 47.7 Å². The Morgan fingerprint density at radius 2 is 2.16 bits per heavy atom. The number of halogens is 1. The molecule has 0 spiro atoms. The first-order chi connectivity index (χ1) is 15.2. The van der Waals surface area contributed by atoms with Crippen molar-refractivity contribution in [2.75, 3.05) is 20.3 Å². The lowest BCUT2D eigenvalue weighted by Crippen LogP contribution is -2.35. The second-order valence-electron chi connectivity index (χ2n) is 7.93. The summed E-state index contributed by atoms with van der Waals surface area (Å²) in [5.41, 5.74) is 1.80. The summed E-state index contributed by atoms with van der Waals surface area (Å²) in [7, 11) is 3.77. The molecule has 0 saturated heterocycles. The van der Waals surface area contributed by atoms with Gasteiger partial charge in [-0.25, -0.2) is 14.4 Å². The number of methoxy groups -OCH3 is 1. The molecule has 32 heavy (non-hydrogen) atoms. The maximum absolute atomic E-state index is 13.7. The van der Waals surface area contributed by atoms with Gasteiger partial charge in [0.25, 0.3) is 0 Å². The molecule has 2 aromatic heterocycles. The average molecular weight is 461 g/mol. The number of ether oxygens (including phenoxy) is 3. The van der Waals surface area contributed by atoms with Crippen LogP contribution in [-0.2, 0) is 4.79 Å². The molecule has 2 heterocycles. The van der Waals surface area contributed by atoms with Crippen molar-refractivity contribution >= 4 is 26.2 Å². The summed E-state index contributed by atoms with van der Waals surface area (Å²) in [6.07, 6.45) is 2.05. The normalized spacial score (nSPS) is 20.6. The quantitative estimate of drug-likeness (QED) is 0.485. The number of aromatic nitrogens is 2. The second-order valence-corrected chi connectivity index (χ2v) is 8.89. The van der Waals surface area contributed by atoms with Crippen LogP contribution in [0.2, 0.25) is 0 Å². The van der Waals surface area contributed by atoms with E-state index in [-0.39, 0.29) is 31.1 Å². The first-order valence-corrected chi connectivity index (χ1v) is 10.8. The number of fused-ring (bicyclic) bond motifs is 1. The Kier molecular flexibility index (Phi) is 6.20. The molecular weight excluding hydrogens is 436 g/mol. The van der Waals surface area contributed by atoms with Crippen molar-refractivity contribution < 1.29 is 27.8 Å². The van der Waals surface area contributed by atoms with Gasteiger partial charge in [0.05, 0.1) is 26.0 Å². The van der Waals surface area contributed by atoms with Gasteiger partial charge in [0, 0.05) is 24.5 Å². The van der Waals surface area contributed by atoms with Gasteiger partial charge in [-0.1, -0.05) is 9.24 Å². The lowest BCUT2D eigenvalue weighted by Gasteiger charge is -2.12. The van der Waals surface area contributed by atoms with Crippen molar-refractivity contribution in [3.63, 3.8) is 0 Å². The van der Waals surface area contributed by atoms with E-state index in [4.69, 9.17) is 18.6 Å². The van der Waals surface area contributed by atoms with Crippen LogP contribution in [0, 0.1) is 5.92 Å². The molecule has 1 amide bonds. The molecule has 8 nitrogen and oxygen atoms in total. The third kappa shape index (κ3) is 5.10. The molecule has 170 valence electrons. The molecular formula is C22H25FN3O5P. The van der Waals surface area contributed by atoms with Gasteiger partial charge in [0.1, 0.15) is 17.5 Å². The van der Waals surface area contributed by atoms with Gasteiger partial charge in [0.2, 0.25) is 17.7 Å². The SMILES string of the molecule is COc1cc(-c2nc3cnc(OC[C@H](C)NC(C)=O)cc3o2)ccc1OCC1CC1(F)P. The fourth-order valence-corrected chi connectivity index (χ4v) is 3.62. The van der Waals surface area contributed by atoms with Gasteiger partial charge in [0.15, 0.2) is 17.1 Å². The number of benzene rings is 1. The number of amides is 1. The molecule has 0 aliphatic heterocycles. The molecule has 4 atom stereocenters. The molecule has 0 bridgehead atoms. The smallest absolute Gasteiger partial charge is 0.227 e. The number of rotatable bonds is 9. The van der Waals surface area contributed by atoms with Crippen molar-refractivity contribution in [2.24, 2.45) is 5.92 Å². The minimum Gasteiger partial charge on any atom is -0.493 e. The Balaban J connectivity index is 1.47. The molecule has 1 N–H and O–H groups in total. The molecule has 0 radical (unpaired) electrons. The summed E-state index contributed by atoms with van der Waals surface area (Å²) in [6.45, 7) is 3.86. The van der Waals surface area contributed by atoms with Crippen molar-refractivity contribution in [3.8, 4) is 28.8 Å². The molecule has 1 fully saturated rings. The van der Waals surface area contributed by atoms with E-state index in [9.17, 15) is 9.18 Å². The Morgan fingerprint density at radius 1 is 1.38 bits per heavy atom. The minimum absolute atomic E-state index is 0.122. The van der Waals surface area contributed by atoms with Crippen molar-refractivity contribution in [1.29, 1.82) is 0 Å². The molecule has 1 saturated carbocycles. The zero-order chi connectivity index (χ0) is 22.9. The number of pyridine rings is 1. The summed E-state index contributed by atoms with van der Waals surface area (Å²) in [6, 6.07) is 6.82. The van der Waals surface area contributed by atoms with Crippen LogP contribution in [0.3, 0.4) is 0 Å². The van der Waals surface area contributed by atoms with Crippen LogP contribution < -0.4 is 19.5 Å². The van der Waals surface area contributed by atoms with E-state index >= 15 is 0 Å². The topological polar surface area (TPSA) is 95.7 Å².